The molecule has 1 aliphatic carbocycles. The van der Waals surface area contributed by atoms with Gasteiger partial charge in [-0.1, -0.05) is 36.0 Å². The van der Waals surface area contributed by atoms with E-state index in [0.717, 1.165) is 11.5 Å². The molecule has 0 saturated heterocycles. The van der Waals surface area contributed by atoms with Crippen LogP contribution in [0.15, 0.2) is 58.3 Å². The van der Waals surface area contributed by atoms with Gasteiger partial charge in [-0.15, -0.1) is 0 Å². The Labute approximate surface area is 147 Å². The van der Waals surface area contributed by atoms with Crippen LogP contribution in [0.4, 0.5) is 11.4 Å². The molecule has 0 bridgehead atoms. The minimum atomic E-state index is 0.0350. The Bertz CT molecular complexity index is 805. The maximum Gasteiger partial charge on any atom is 0.163 e. The second kappa shape index (κ2) is 6.48. The van der Waals surface area contributed by atoms with E-state index in [1.54, 1.807) is 17.8 Å². The molecule has 1 heterocycles. The zero-order valence-corrected chi connectivity index (χ0v) is 14.1. The molecular weight excluding hydrogens is 314 g/mol. The number of anilines is 2. The van der Waals surface area contributed by atoms with Crippen molar-refractivity contribution in [3.8, 4) is 0 Å². The predicted octanol–water partition coefficient (Wildman–Crippen LogP) is 4.91. The molecule has 24 heavy (non-hydrogen) atoms. The molecule has 0 unspecified atom stereocenters. The molecule has 0 aromatic heterocycles. The summed E-state index contributed by atoms with van der Waals surface area (Å²) < 4.78 is 0. The molecule has 2 aliphatic rings. The van der Waals surface area contributed by atoms with Crippen LogP contribution in [0.1, 0.15) is 5.56 Å². The number of fused-ring (bicyclic) bond motifs is 2. The fourth-order valence-electron chi connectivity index (χ4n) is 2.87. The molecule has 0 N–H and O–H groups in total. The van der Waals surface area contributed by atoms with Crippen molar-refractivity contribution in [1.29, 1.82) is 0 Å². The summed E-state index contributed by atoms with van der Waals surface area (Å²) >= 11 is 1.77. The van der Waals surface area contributed by atoms with Crippen molar-refractivity contribution >= 4 is 35.0 Å². The summed E-state index contributed by atoms with van der Waals surface area (Å²) in [5.41, 5.74) is 3.46. The van der Waals surface area contributed by atoms with Gasteiger partial charge in [0.2, 0.25) is 0 Å². The Morgan fingerprint density at radius 1 is 1.00 bits per heavy atom. The van der Waals surface area contributed by atoms with Crippen LogP contribution in [0.3, 0.4) is 0 Å². The van der Waals surface area contributed by atoms with E-state index in [0.29, 0.717) is 0 Å². The Morgan fingerprint density at radius 3 is 2.58 bits per heavy atom. The fourth-order valence-corrected chi connectivity index (χ4v) is 4.07. The first-order valence-corrected chi connectivity index (χ1v) is 8.63. The second-order valence-corrected chi connectivity index (χ2v) is 6.81. The van der Waals surface area contributed by atoms with Crippen LogP contribution in [0.5, 0.6) is 0 Å². The highest BCUT2D eigenvalue weighted by molar-refractivity contribution is 7.99. The molecule has 1 saturated carbocycles. The molecule has 1 fully saturated rings. The average molecular weight is 330 g/mol. The Kier molecular flexibility index (Phi) is 4.19. The number of hydrogen-bond acceptors (Lipinski definition) is 3. The Morgan fingerprint density at radius 2 is 1.75 bits per heavy atom. The number of allylic oxidation sites excluding steroid dienone is 1. The predicted molar refractivity (Wildman–Crippen MR) is 99.6 cm³/mol. The molecule has 2 aromatic carbocycles. The van der Waals surface area contributed by atoms with Gasteiger partial charge in [0, 0.05) is 16.8 Å². The van der Waals surface area contributed by atoms with Crippen LogP contribution in [0.2, 0.25) is 0 Å². The Balaban J connectivity index is 1.57. The van der Waals surface area contributed by atoms with E-state index in [2.05, 4.69) is 54.4 Å². The number of carbonyl (C=O) groups is 1. The maximum absolute atomic E-state index is 12.1. The first-order chi connectivity index (χ1) is 11.7. The first-order valence-electron chi connectivity index (χ1n) is 7.81. The summed E-state index contributed by atoms with van der Waals surface area (Å²) in [6, 6.07) is 14.7. The zero-order chi connectivity index (χ0) is 16.5. The lowest BCUT2D eigenvalue weighted by Crippen LogP contribution is -2.14. The van der Waals surface area contributed by atoms with Crippen molar-refractivity contribution in [2.75, 3.05) is 11.9 Å². The lowest BCUT2D eigenvalue weighted by Gasteiger charge is -2.29. The van der Waals surface area contributed by atoms with Crippen LogP contribution in [0, 0.1) is 31.6 Å². The molecule has 1 aliphatic heterocycles. The summed E-state index contributed by atoms with van der Waals surface area (Å²) in [6.45, 7) is 0. The van der Waals surface area contributed by atoms with Gasteiger partial charge < -0.3 is 4.90 Å². The lowest BCUT2D eigenvalue weighted by molar-refractivity contribution is -0.112. The van der Waals surface area contributed by atoms with Crippen molar-refractivity contribution in [3.05, 3.63) is 85.7 Å². The van der Waals surface area contributed by atoms with E-state index in [1.807, 2.05) is 31.8 Å². The van der Waals surface area contributed by atoms with E-state index in [9.17, 15) is 4.79 Å². The van der Waals surface area contributed by atoms with Crippen molar-refractivity contribution in [2.45, 2.75) is 9.79 Å². The van der Waals surface area contributed by atoms with Gasteiger partial charge in [-0.2, -0.15) is 0 Å². The molecule has 2 nitrogen and oxygen atoms in total. The number of benzene rings is 2. The molecule has 117 valence electrons. The van der Waals surface area contributed by atoms with E-state index in [4.69, 9.17) is 0 Å². The van der Waals surface area contributed by atoms with Gasteiger partial charge in [0.05, 0.1) is 17.3 Å². The highest BCUT2D eigenvalue weighted by atomic mass is 32.2. The number of carbonyl (C=O) groups excluding carboxylic acids is 1. The standard InChI is InChI=1S/C21H16NOS/c1-22-17-8-4-5-9-20(17)24-21-14-15(10-12-18(21)22)11-13-19(23)16-6-2-3-7-16/h2-14H,1H3/b13-11+. The minimum absolute atomic E-state index is 0.0350. The maximum atomic E-state index is 12.1. The summed E-state index contributed by atoms with van der Waals surface area (Å²) in [6.07, 6.45) is 11.0. The van der Waals surface area contributed by atoms with Gasteiger partial charge in [-0.25, -0.2) is 0 Å². The van der Waals surface area contributed by atoms with Crippen molar-refractivity contribution < 1.29 is 4.79 Å². The van der Waals surface area contributed by atoms with Crippen molar-refractivity contribution in [3.63, 3.8) is 0 Å². The summed E-state index contributed by atoms with van der Waals surface area (Å²) in [7, 11) is 2.09. The monoisotopic (exact) mass is 330 g/mol. The van der Waals surface area contributed by atoms with Crippen LogP contribution in [-0.4, -0.2) is 12.8 Å². The molecular formula is C21H16NOS. The number of hydrogen-bond donors (Lipinski definition) is 0. The first kappa shape index (κ1) is 15.5. The average Bonchev–Trinajstić information content (AvgIpc) is 3.14. The topological polar surface area (TPSA) is 20.3 Å². The van der Waals surface area contributed by atoms with Gasteiger partial charge in [0.1, 0.15) is 0 Å². The largest absolute Gasteiger partial charge is 0.343 e. The third kappa shape index (κ3) is 2.89. The number of nitrogens with zero attached hydrogens (tertiary/aromatic N) is 1. The summed E-state index contributed by atoms with van der Waals surface area (Å²) in [5.74, 6) is 0.764. The molecule has 0 amide bonds. The van der Waals surface area contributed by atoms with Crippen molar-refractivity contribution in [2.24, 2.45) is 0 Å². The normalized spacial score (nSPS) is 17.1. The molecule has 2 aromatic rings. The number of rotatable bonds is 3. The molecule has 4 rings (SSSR count). The minimum Gasteiger partial charge on any atom is -0.343 e. The summed E-state index contributed by atoms with van der Waals surface area (Å²) in [5, 5.41) is 0. The van der Waals surface area contributed by atoms with E-state index in [-0.39, 0.29) is 5.78 Å². The van der Waals surface area contributed by atoms with Crippen molar-refractivity contribution in [1.82, 2.24) is 0 Å². The highest BCUT2D eigenvalue weighted by Gasteiger charge is 2.23. The molecule has 0 spiro atoms. The Hall–Kier alpha value is -2.00. The number of para-hydroxylation sites is 1. The molecule has 5 radical (unpaired) electrons. The van der Waals surface area contributed by atoms with Gasteiger partial charge in [0.15, 0.2) is 5.78 Å². The number of ketones is 1. The van der Waals surface area contributed by atoms with Crippen LogP contribution >= 0.6 is 11.8 Å². The smallest absolute Gasteiger partial charge is 0.163 e. The van der Waals surface area contributed by atoms with Gasteiger partial charge >= 0.3 is 0 Å². The van der Waals surface area contributed by atoms with E-state index < -0.39 is 0 Å². The van der Waals surface area contributed by atoms with Crippen LogP contribution in [-0.2, 0) is 4.79 Å². The molecule has 3 heteroatoms. The summed E-state index contributed by atoms with van der Waals surface area (Å²) in [4.78, 5) is 16.8. The van der Waals surface area contributed by atoms with E-state index in [1.165, 1.54) is 21.2 Å². The fraction of sp³-hybridized carbons (Fsp3) is 0.0476. The van der Waals surface area contributed by atoms with Crippen LogP contribution in [0.25, 0.3) is 6.08 Å². The zero-order valence-electron chi connectivity index (χ0n) is 13.3. The molecule has 0 atom stereocenters. The van der Waals surface area contributed by atoms with Crippen LogP contribution < -0.4 is 4.90 Å². The van der Waals surface area contributed by atoms with Gasteiger partial charge in [0.25, 0.3) is 0 Å². The van der Waals surface area contributed by atoms with E-state index >= 15 is 0 Å². The van der Waals surface area contributed by atoms with Gasteiger partial charge in [-0.05, 0) is 61.6 Å². The SMILES string of the molecule is CN1c2ccccc2Sc2cc(/C=C/C(=O)[C]3[CH][CH][CH][CH]3)ccc21. The third-order valence-electron chi connectivity index (χ3n) is 4.17. The third-order valence-corrected chi connectivity index (χ3v) is 5.28. The highest BCUT2D eigenvalue weighted by Crippen LogP contribution is 2.47. The lowest BCUT2D eigenvalue weighted by atomic mass is 10.0. The quantitative estimate of drug-likeness (QED) is 0.746. The van der Waals surface area contributed by atoms with Gasteiger partial charge in [-0.3, -0.25) is 4.79 Å². The second-order valence-electron chi connectivity index (χ2n) is 5.73.